The van der Waals surface area contributed by atoms with E-state index in [0.29, 0.717) is 16.5 Å². The van der Waals surface area contributed by atoms with E-state index in [1.807, 2.05) is 19.9 Å². The molecule has 0 bridgehead atoms. The Hall–Kier alpha value is -2.34. The van der Waals surface area contributed by atoms with Crippen molar-refractivity contribution in [2.24, 2.45) is 5.41 Å². The number of hydrogen-bond donors (Lipinski definition) is 2. The third-order valence-corrected chi connectivity index (χ3v) is 3.97. The molecule has 0 atom stereocenters. The molecule has 1 aromatic heterocycles. The standard InChI is InChI=1S/C17H20ClN3O3/c1-9-6-10(2)14(12(18)7-9)20-16(23)17(4,5)15(22)19-13-8-11(3)24-21-13/h6-8H,1-5H3,(H,20,23)(H,19,21,22). The van der Waals surface area contributed by atoms with Gasteiger partial charge in [-0.25, -0.2) is 0 Å². The van der Waals surface area contributed by atoms with Crippen LogP contribution in [0.5, 0.6) is 0 Å². The summed E-state index contributed by atoms with van der Waals surface area (Å²) in [6.45, 7) is 8.54. The molecule has 0 aliphatic carbocycles. The number of benzene rings is 1. The lowest BCUT2D eigenvalue weighted by molar-refractivity contribution is -0.135. The fourth-order valence-corrected chi connectivity index (χ4v) is 2.51. The Morgan fingerprint density at radius 2 is 1.71 bits per heavy atom. The predicted octanol–water partition coefficient (Wildman–Crippen LogP) is 3.86. The van der Waals surface area contributed by atoms with Gasteiger partial charge < -0.3 is 15.2 Å². The number of nitrogens with zero attached hydrogens (tertiary/aromatic N) is 1. The molecule has 1 aromatic carbocycles. The molecule has 2 rings (SSSR count). The summed E-state index contributed by atoms with van der Waals surface area (Å²) in [7, 11) is 0. The van der Waals surface area contributed by atoms with Crippen LogP contribution in [0.4, 0.5) is 11.5 Å². The van der Waals surface area contributed by atoms with Gasteiger partial charge in [0.1, 0.15) is 11.2 Å². The van der Waals surface area contributed by atoms with Crippen LogP contribution in [0.2, 0.25) is 5.02 Å². The van der Waals surface area contributed by atoms with Crippen molar-refractivity contribution in [3.63, 3.8) is 0 Å². The van der Waals surface area contributed by atoms with Crippen LogP contribution >= 0.6 is 11.6 Å². The Balaban J connectivity index is 2.17. The highest BCUT2D eigenvalue weighted by Crippen LogP contribution is 2.29. The van der Waals surface area contributed by atoms with Gasteiger partial charge in [0.15, 0.2) is 5.82 Å². The van der Waals surface area contributed by atoms with Crippen molar-refractivity contribution in [1.82, 2.24) is 5.16 Å². The van der Waals surface area contributed by atoms with Gasteiger partial charge in [-0.3, -0.25) is 9.59 Å². The molecule has 1 heterocycles. The first-order valence-corrected chi connectivity index (χ1v) is 7.82. The Morgan fingerprint density at radius 3 is 2.25 bits per heavy atom. The largest absolute Gasteiger partial charge is 0.360 e. The Morgan fingerprint density at radius 1 is 1.08 bits per heavy atom. The lowest BCUT2D eigenvalue weighted by atomic mass is 9.90. The number of aromatic nitrogens is 1. The van der Waals surface area contributed by atoms with Crippen LogP contribution in [0, 0.1) is 26.2 Å². The summed E-state index contributed by atoms with van der Waals surface area (Å²) in [5.41, 5.74) is 1.00. The van der Waals surface area contributed by atoms with Gasteiger partial charge >= 0.3 is 0 Å². The van der Waals surface area contributed by atoms with Crippen LogP contribution < -0.4 is 10.6 Å². The monoisotopic (exact) mass is 349 g/mol. The Kier molecular flexibility index (Phi) is 4.99. The summed E-state index contributed by atoms with van der Waals surface area (Å²) < 4.78 is 4.89. The van der Waals surface area contributed by atoms with Crippen LogP contribution in [0.3, 0.4) is 0 Å². The first-order chi connectivity index (χ1) is 11.1. The molecule has 0 aliphatic heterocycles. The van der Waals surface area contributed by atoms with E-state index in [4.69, 9.17) is 16.1 Å². The van der Waals surface area contributed by atoms with Crippen molar-refractivity contribution in [1.29, 1.82) is 0 Å². The smallest absolute Gasteiger partial charge is 0.240 e. The molecule has 2 N–H and O–H groups in total. The number of hydrogen-bond acceptors (Lipinski definition) is 4. The lowest BCUT2D eigenvalue weighted by Gasteiger charge is -2.23. The van der Waals surface area contributed by atoms with E-state index in [2.05, 4.69) is 15.8 Å². The van der Waals surface area contributed by atoms with Crippen molar-refractivity contribution in [2.45, 2.75) is 34.6 Å². The van der Waals surface area contributed by atoms with Crippen molar-refractivity contribution < 1.29 is 14.1 Å². The Bertz CT molecular complexity index is 773. The van der Waals surface area contributed by atoms with Gasteiger partial charge in [0.2, 0.25) is 11.8 Å². The second kappa shape index (κ2) is 6.65. The SMILES string of the molecule is Cc1cc(C)c(NC(=O)C(C)(C)C(=O)Nc2cc(C)on2)c(Cl)c1. The van der Waals surface area contributed by atoms with Gasteiger partial charge in [-0.2, -0.15) is 0 Å². The van der Waals surface area contributed by atoms with Gasteiger partial charge in [-0.05, 0) is 51.8 Å². The minimum atomic E-state index is -1.33. The zero-order valence-corrected chi connectivity index (χ0v) is 15.0. The van der Waals surface area contributed by atoms with Gasteiger partial charge in [0, 0.05) is 6.07 Å². The first kappa shape index (κ1) is 18.0. The van der Waals surface area contributed by atoms with E-state index in [1.54, 1.807) is 19.1 Å². The number of halogens is 1. The van der Waals surface area contributed by atoms with E-state index < -0.39 is 17.2 Å². The van der Waals surface area contributed by atoms with Crippen LogP contribution in [-0.2, 0) is 9.59 Å². The summed E-state index contributed by atoms with van der Waals surface area (Å²) >= 11 is 6.20. The van der Waals surface area contributed by atoms with Gasteiger partial charge in [-0.15, -0.1) is 0 Å². The van der Waals surface area contributed by atoms with E-state index in [9.17, 15) is 9.59 Å². The first-order valence-electron chi connectivity index (χ1n) is 7.44. The third-order valence-electron chi connectivity index (χ3n) is 3.68. The number of carbonyl (C=O) groups excluding carboxylic acids is 2. The number of nitrogens with one attached hydrogen (secondary N) is 2. The average molecular weight is 350 g/mol. The Labute approximate surface area is 145 Å². The predicted molar refractivity (Wildman–Crippen MR) is 93.2 cm³/mol. The molecular formula is C17H20ClN3O3. The van der Waals surface area contributed by atoms with Crippen molar-refractivity contribution >= 4 is 34.9 Å². The van der Waals surface area contributed by atoms with Crippen molar-refractivity contribution in [2.75, 3.05) is 10.6 Å². The van der Waals surface area contributed by atoms with E-state index in [0.717, 1.165) is 11.1 Å². The summed E-state index contributed by atoms with van der Waals surface area (Å²) in [5.74, 6) is -0.124. The lowest BCUT2D eigenvalue weighted by Crippen LogP contribution is -2.41. The number of rotatable bonds is 4. The van der Waals surface area contributed by atoms with Gasteiger partial charge in [0.25, 0.3) is 0 Å². The maximum Gasteiger partial charge on any atom is 0.240 e. The maximum absolute atomic E-state index is 12.6. The molecule has 0 fully saturated rings. The minimum Gasteiger partial charge on any atom is -0.360 e. The molecule has 24 heavy (non-hydrogen) atoms. The van der Waals surface area contributed by atoms with E-state index >= 15 is 0 Å². The fraction of sp³-hybridized carbons (Fsp3) is 0.353. The van der Waals surface area contributed by atoms with E-state index in [-0.39, 0.29) is 5.82 Å². The summed E-state index contributed by atoms with van der Waals surface area (Å²) in [4.78, 5) is 25.0. The van der Waals surface area contributed by atoms with Crippen LogP contribution in [0.25, 0.3) is 0 Å². The molecule has 0 aliphatic rings. The highest BCUT2D eigenvalue weighted by molar-refractivity contribution is 6.34. The number of anilines is 2. The molecule has 2 amide bonds. The highest BCUT2D eigenvalue weighted by atomic mass is 35.5. The van der Waals surface area contributed by atoms with Crippen LogP contribution in [0.1, 0.15) is 30.7 Å². The van der Waals surface area contributed by atoms with E-state index in [1.165, 1.54) is 13.8 Å². The summed E-state index contributed by atoms with van der Waals surface area (Å²) in [5, 5.41) is 9.44. The topological polar surface area (TPSA) is 84.2 Å². The quantitative estimate of drug-likeness (QED) is 0.821. The van der Waals surface area contributed by atoms with Crippen molar-refractivity contribution in [3.8, 4) is 0 Å². The van der Waals surface area contributed by atoms with Gasteiger partial charge in [-0.1, -0.05) is 22.8 Å². The molecule has 0 saturated carbocycles. The van der Waals surface area contributed by atoms with Gasteiger partial charge in [0.05, 0.1) is 10.7 Å². The molecule has 6 nitrogen and oxygen atoms in total. The molecule has 128 valence electrons. The third kappa shape index (κ3) is 3.76. The zero-order chi connectivity index (χ0) is 18.1. The number of amides is 2. The molecule has 7 heteroatoms. The summed E-state index contributed by atoms with van der Waals surface area (Å²) in [6.07, 6.45) is 0. The normalized spacial score (nSPS) is 11.2. The highest BCUT2D eigenvalue weighted by Gasteiger charge is 2.37. The molecule has 0 unspecified atom stereocenters. The van der Waals surface area contributed by atoms with Crippen molar-refractivity contribution in [3.05, 3.63) is 40.1 Å². The molecular weight excluding hydrogens is 330 g/mol. The fourth-order valence-electron chi connectivity index (χ4n) is 2.14. The minimum absolute atomic E-state index is 0.267. The molecule has 0 radical (unpaired) electrons. The second-order valence-electron chi connectivity index (χ2n) is 6.29. The molecule has 0 saturated heterocycles. The molecule has 2 aromatic rings. The number of carbonyl (C=O) groups is 2. The van der Waals surface area contributed by atoms with Crippen LogP contribution in [0.15, 0.2) is 22.7 Å². The maximum atomic E-state index is 12.6. The summed E-state index contributed by atoms with van der Waals surface area (Å²) in [6, 6.07) is 5.25. The second-order valence-corrected chi connectivity index (χ2v) is 6.70. The van der Waals surface area contributed by atoms with Crippen LogP contribution in [-0.4, -0.2) is 17.0 Å². The number of aryl methyl sites for hydroxylation is 3. The molecule has 0 spiro atoms. The average Bonchev–Trinajstić information content (AvgIpc) is 2.87. The zero-order valence-electron chi connectivity index (χ0n) is 14.3.